The van der Waals surface area contributed by atoms with Crippen molar-refractivity contribution in [2.24, 2.45) is 23.0 Å². The van der Waals surface area contributed by atoms with Gasteiger partial charge in [-0.2, -0.15) is 0 Å². The summed E-state index contributed by atoms with van der Waals surface area (Å²) in [5.41, 5.74) is 7.34. The number of hydrogen-bond acceptors (Lipinski definition) is 4. The maximum atomic E-state index is 11.7. The lowest BCUT2D eigenvalue weighted by Gasteiger charge is -2.62. The van der Waals surface area contributed by atoms with Crippen molar-refractivity contribution in [2.45, 2.75) is 63.0 Å². The summed E-state index contributed by atoms with van der Waals surface area (Å²) in [4.78, 5) is 18.6. The standard InChI is InChI=1S/C22H31N3O2.ClH/c1-27-22(15-6-9-24-19(10-15)20(23)26)16-4-2-5-17(22)14-25(13-16)18-11-21(12-18)7-3-8-21;/h6,9-10,16-18H,2-5,7-8,11-14H2,1H3,(H2,23,26);1H/t16-,17+,22-;. The number of fused-ring (bicyclic) bond motifs is 2. The lowest BCUT2D eigenvalue weighted by molar-refractivity contribution is -0.188. The van der Waals surface area contributed by atoms with Crippen LogP contribution >= 0.6 is 12.4 Å². The number of carbonyl (C=O) groups excluding carboxylic acids is 1. The number of likely N-dealkylation sites (tertiary alicyclic amines) is 1. The third-order valence-electron chi connectivity index (χ3n) is 8.30. The minimum atomic E-state index is -0.467. The zero-order valence-corrected chi connectivity index (χ0v) is 17.5. The number of ether oxygens (including phenoxy) is 1. The molecule has 0 radical (unpaired) electrons. The van der Waals surface area contributed by atoms with Crippen molar-refractivity contribution in [3.63, 3.8) is 0 Å². The van der Waals surface area contributed by atoms with E-state index in [2.05, 4.69) is 9.88 Å². The Morgan fingerprint density at radius 2 is 1.89 bits per heavy atom. The van der Waals surface area contributed by atoms with Crippen LogP contribution in [-0.2, 0) is 10.3 Å². The van der Waals surface area contributed by atoms with Crippen molar-refractivity contribution >= 4 is 18.3 Å². The number of methoxy groups -OCH3 is 1. The fraction of sp³-hybridized carbons (Fsp3) is 0.727. The summed E-state index contributed by atoms with van der Waals surface area (Å²) in [6, 6.07) is 4.69. The molecule has 2 bridgehead atoms. The number of aromatic nitrogens is 1. The molecule has 2 heterocycles. The lowest BCUT2D eigenvalue weighted by atomic mass is 9.53. The van der Waals surface area contributed by atoms with Gasteiger partial charge in [-0.15, -0.1) is 12.4 Å². The summed E-state index contributed by atoms with van der Waals surface area (Å²) in [5, 5.41) is 0. The van der Waals surface area contributed by atoms with Gasteiger partial charge in [-0.3, -0.25) is 14.7 Å². The molecular formula is C22H32ClN3O2. The number of primary amides is 1. The highest BCUT2D eigenvalue weighted by molar-refractivity contribution is 5.90. The molecule has 28 heavy (non-hydrogen) atoms. The van der Waals surface area contributed by atoms with Gasteiger partial charge in [-0.1, -0.05) is 12.8 Å². The molecule has 1 aliphatic heterocycles. The molecule has 4 fully saturated rings. The van der Waals surface area contributed by atoms with Crippen molar-refractivity contribution in [2.75, 3.05) is 20.2 Å². The smallest absolute Gasteiger partial charge is 0.267 e. The zero-order valence-electron chi connectivity index (χ0n) is 16.7. The number of pyridine rings is 1. The second-order valence-corrected chi connectivity index (χ2v) is 9.49. The van der Waals surface area contributed by atoms with Gasteiger partial charge in [-0.25, -0.2) is 0 Å². The van der Waals surface area contributed by atoms with Crippen LogP contribution in [0.25, 0.3) is 0 Å². The van der Waals surface area contributed by atoms with E-state index < -0.39 is 5.91 Å². The van der Waals surface area contributed by atoms with Crippen LogP contribution in [0.1, 0.15) is 67.4 Å². The van der Waals surface area contributed by atoms with E-state index in [-0.39, 0.29) is 18.0 Å². The highest BCUT2D eigenvalue weighted by Crippen LogP contribution is 2.59. The van der Waals surface area contributed by atoms with Crippen molar-refractivity contribution in [1.82, 2.24) is 9.88 Å². The van der Waals surface area contributed by atoms with Crippen molar-refractivity contribution in [1.29, 1.82) is 0 Å². The number of carbonyl (C=O) groups is 1. The van der Waals surface area contributed by atoms with Gasteiger partial charge in [0.1, 0.15) is 11.3 Å². The Morgan fingerprint density at radius 3 is 2.43 bits per heavy atom. The highest BCUT2D eigenvalue weighted by atomic mass is 35.5. The number of nitrogens with two attached hydrogens (primary N) is 1. The largest absolute Gasteiger partial charge is 0.373 e. The van der Waals surface area contributed by atoms with Crippen LogP contribution < -0.4 is 5.73 Å². The monoisotopic (exact) mass is 405 g/mol. The van der Waals surface area contributed by atoms with Crippen LogP contribution in [0.4, 0.5) is 0 Å². The average Bonchev–Trinajstić information content (AvgIpc) is 2.58. The first-order valence-corrected chi connectivity index (χ1v) is 10.6. The molecule has 1 spiro atoms. The predicted molar refractivity (Wildman–Crippen MR) is 110 cm³/mol. The fourth-order valence-corrected chi connectivity index (χ4v) is 6.78. The third kappa shape index (κ3) is 2.89. The average molecular weight is 406 g/mol. The SMILES string of the molecule is CO[C@]1(c2ccnc(C(N)=O)c2)[C@@H]2CCC[C@H]1CN(C1CC3(CCC3)C1)C2.Cl. The van der Waals surface area contributed by atoms with Gasteiger partial charge in [0.15, 0.2) is 0 Å². The molecule has 1 aromatic rings. The van der Waals surface area contributed by atoms with E-state index in [1.807, 2.05) is 19.2 Å². The molecule has 5 nitrogen and oxygen atoms in total. The summed E-state index contributed by atoms with van der Waals surface area (Å²) in [5.74, 6) is 0.470. The molecule has 0 aromatic carbocycles. The van der Waals surface area contributed by atoms with E-state index in [0.717, 1.165) is 30.1 Å². The summed E-state index contributed by atoms with van der Waals surface area (Å²) in [6.07, 6.45) is 12.5. The third-order valence-corrected chi connectivity index (χ3v) is 8.30. The fourth-order valence-electron chi connectivity index (χ4n) is 6.78. The molecule has 3 saturated carbocycles. The summed E-state index contributed by atoms with van der Waals surface area (Å²) >= 11 is 0. The number of hydrogen-bond donors (Lipinski definition) is 1. The topological polar surface area (TPSA) is 68.5 Å². The maximum Gasteiger partial charge on any atom is 0.267 e. The molecule has 4 aliphatic rings. The van der Waals surface area contributed by atoms with Gasteiger partial charge in [0.05, 0.1) is 0 Å². The van der Waals surface area contributed by atoms with Crippen LogP contribution in [0, 0.1) is 17.3 Å². The maximum absolute atomic E-state index is 11.7. The second-order valence-electron chi connectivity index (χ2n) is 9.49. The molecule has 1 saturated heterocycles. The highest BCUT2D eigenvalue weighted by Gasteiger charge is 2.57. The first kappa shape index (κ1) is 20.1. The summed E-state index contributed by atoms with van der Waals surface area (Å²) in [6.45, 7) is 2.22. The van der Waals surface area contributed by atoms with E-state index in [1.165, 1.54) is 51.4 Å². The Balaban J connectivity index is 0.00000192. The molecule has 1 aromatic heterocycles. The van der Waals surface area contributed by atoms with Crippen molar-refractivity contribution < 1.29 is 9.53 Å². The number of rotatable bonds is 4. The number of piperidine rings is 1. The Morgan fingerprint density at radius 1 is 1.21 bits per heavy atom. The number of nitrogens with zero attached hydrogens (tertiary/aromatic N) is 2. The van der Waals surface area contributed by atoms with E-state index in [9.17, 15) is 4.79 Å². The van der Waals surface area contributed by atoms with Crippen molar-refractivity contribution in [3.05, 3.63) is 29.6 Å². The lowest BCUT2D eigenvalue weighted by Crippen LogP contribution is -2.64. The quantitative estimate of drug-likeness (QED) is 0.832. The van der Waals surface area contributed by atoms with Gasteiger partial charge in [-0.05, 0) is 61.6 Å². The van der Waals surface area contributed by atoms with Gasteiger partial charge in [0.2, 0.25) is 0 Å². The second kappa shape index (κ2) is 7.26. The Hall–Kier alpha value is -1.17. The molecule has 2 N–H and O–H groups in total. The minimum absolute atomic E-state index is 0. The van der Waals surface area contributed by atoms with E-state index in [4.69, 9.17) is 10.5 Å². The van der Waals surface area contributed by atoms with Gasteiger partial charge < -0.3 is 10.5 Å². The first-order valence-electron chi connectivity index (χ1n) is 10.6. The molecule has 154 valence electrons. The Kier molecular flexibility index (Phi) is 5.22. The molecule has 3 atom stereocenters. The van der Waals surface area contributed by atoms with E-state index in [0.29, 0.717) is 17.5 Å². The van der Waals surface area contributed by atoms with Crippen LogP contribution in [0.15, 0.2) is 18.3 Å². The van der Waals surface area contributed by atoms with Crippen LogP contribution in [0.5, 0.6) is 0 Å². The molecule has 1 amide bonds. The molecule has 6 heteroatoms. The van der Waals surface area contributed by atoms with Gasteiger partial charge in [0, 0.05) is 44.3 Å². The summed E-state index contributed by atoms with van der Waals surface area (Å²) < 4.78 is 6.31. The molecular weight excluding hydrogens is 374 g/mol. The Labute approximate surface area is 173 Å². The van der Waals surface area contributed by atoms with E-state index in [1.54, 1.807) is 6.20 Å². The van der Waals surface area contributed by atoms with Crippen LogP contribution in [0.2, 0.25) is 0 Å². The van der Waals surface area contributed by atoms with E-state index >= 15 is 0 Å². The number of amides is 1. The van der Waals surface area contributed by atoms with Crippen molar-refractivity contribution in [3.8, 4) is 0 Å². The summed E-state index contributed by atoms with van der Waals surface area (Å²) in [7, 11) is 1.85. The normalized spacial score (nSPS) is 34.2. The minimum Gasteiger partial charge on any atom is -0.373 e. The van der Waals surface area contributed by atoms with Gasteiger partial charge in [0.25, 0.3) is 5.91 Å². The molecule has 0 unspecified atom stereocenters. The van der Waals surface area contributed by atoms with Crippen LogP contribution in [0.3, 0.4) is 0 Å². The molecule has 5 rings (SSSR count). The first-order chi connectivity index (χ1) is 13.1. The number of halogens is 1. The van der Waals surface area contributed by atoms with Gasteiger partial charge >= 0.3 is 0 Å². The zero-order chi connectivity index (χ0) is 18.6. The Bertz CT molecular complexity index is 729. The molecule has 3 aliphatic carbocycles. The van der Waals surface area contributed by atoms with Crippen LogP contribution in [-0.4, -0.2) is 42.0 Å². The predicted octanol–water partition coefficient (Wildman–Crippen LogP) is 3.51.